The summed E-state index contributed by atoms with van der Waals surface area (Å²) in [6, 6.07) is 11.1. The first-order chi connectivity index (χ1) is 13.0. The highest BCUT2D eigenvalue weighted by atomic mass is 35.5. The molecule has 1 aromatic carbocycles. The molecule has 1 unspecified atom stereocenters. The summed E-state index contributed by atoms with van der Waals surface area (Å²) in [6.07, 6.45) is 5.60. The molecule has 2 aromatic rings. The predicted molar refractivity (Wildman–Crippen MR) is 104 cm³/mol. The van der Waals surface area contributed by atoms with E-state index < -0.39 is 11.2 Å². The molecule has 2 aliphatic rings. The summed E-state index contributed by atoms with van der Waals surface area (Å²) in [5, 5.41) is 11.9. The molecule has 2 heterocycles. The van der Waals surface area contributed by atoms with E-state index in [1.54, 1.807) is 4.90 Å². The minimum Gasteiger partial charge on any atom is -0.385 e. The van der Waals surface area contributed by atoms with Crippen molar-refractivity contribution in [2.24, 2.45) is 5.92 Å². The zero-order valence-corrected chi connectivity index (χ0v) is 15.8. The average molecular weight is 387 g/mol. The lowest BCUT2D eigenvalue weighted by Crippen LogP contribution is -2.59. The molecule has 2 fully saturated rings. The Bertz CT molecular complexity index is 898. The molecule has 0 spiro atoms. The molecule has 142 valence electrons. The number of carbonyl (C=O) groups excluding carboxylic acids is 1. The molecule has 0 radical (unpaired) electrons. The Kier molecular flexibility index (Phi) is 4.82. The highest BCUT2D eigenvalue weighted by Gasteiger charge is 2.50. The normalized spacial score (nSPS) is 27.9. The van der Waals surface area contributed by atoms with Crippen LogP contribution in [-0.4, -0.2) is 33.5 Å². The SMILES string of the molecule is O=C(c1cc(Cl)c[nH]c1=O)N1CCC(O)(c2ccccc2)[C@H]2CCCC[C@H]21. The number of amides is 1. The topological polar surface area (TPSA) is 73.4 Å². The number of piperidine rings is 1. The smallest absolute Gasteiger partial charge is 0.260 e. The number of rotatable bonds is 2. The summed E-state index contributed by atoms with van der Waals surface area (Å²) in [6.45, 7) is 0.414. The van der Waals surface area contributed by atoms with Gasteiger partial charge in [-0.1, -0.05) is 54.8 Å². The lowest BCUT2D eigenvalue weighted by molar-refractivity contribution is -0.110. The Morgan fingerprint density at radius 1 is 1.22 bits per heavy atom. The Hall–Kier alpha value is -2.11. The van der Waals surface area contributed by atoms with E-state index in [9.17, 15) is 14.7 Å². The van der Waals surface area contributed by atoms with E-state index in [1.807, 2.05) is 30.3 Å². The second-order valence-corrected chi connectivity index (χ2v) is 7.99. The standard InChI is InChI=1S/C21H23ClN2O3/c22-15-12-16(19(25)23-13-15)20(26)24-11-10-21(27,14-6-2-1-3-7-14)17-8-4-5-9-18(17)24/h1-3,6-7,12-13,17-18,27H,4-5,8-11H2,(H,23,25)/t17-,18+,21?/m0/s1. The number of fused-ring (bicyclic) bond motifs is 1. The number of likely N-dealkylation sites (tertiary alicyclic amines) is 1. The van der Waals surface area contributed by atoms with Crippen LogP contribution >= 0.6 is 11.6 Å². The molecule has 2 N–H and O–H groups in total. The summed E-state index contributed by atoms with van der Waals surface area (Å²) in [4.78, 5) is 29.6. The van der Waals surface area contributed by atoms with Gasteiger partial charge in [0.25, 0.3) is 11.5 Å². The van der Waals surface area contributed by atoms with Gasteiger partial charge in [0.05, 0.1) is 10.6 Å². The quantitative estimate of drug-likeness (QED) is 0.831. The number of aromatic amines is 1. The molecular weight excluding hydrogens is 364 g/mol. The van der Waals surface area contributed by atoms with Gasteiger partial charge in [-0.3, -0.25) is 9.59 Å². The zero-order valence-electron chi connectivity index (χ0n) is 15.0. The maximum Gasteiger partial charge on any atom is 0.260 e. The number of H-pyrrole nitrogens is 1. The minimum atomic E-state index is -0.941. The number of aliphatic hydroxyl groups is 1. The summed E-state index contributed by atoms with van der Waals surface area (Å²) in [5.41, 5.74) is -0.392. The molecular formula is C21H23ClN2O3. The molecule has 1 aliphatic heterocycles. The number of carbonyl (C=O) groups is 1. The Labute approximate surface area is 163 Å². The van der Waals surface area contributed by atoms with E-state index in [-0.39, 0.29) is 23.4 Å². The van der Waals surface area contributed by atoms with Crippen LogP contribution in [0.25, 0.3) is 0 Å². The van der Waals surface area contributed by atoms with Crippen LogP contribution in [0.2, 0.25) is 5.02 Å². The minimum absolute atomic E-state index is 0.0374. The van der Waals surface area contributed by atoms with Crippen LogP contribution in [0.4, 0.5) is 0 Å². The van der Waals surface area contributed by atoms with E-state index >= 15 is 0 Å². The third-order valence-corrected chi connectivity index (χ3v) is 6.33. The van der Waals surface area contributed by atoms with Gasteiger partial charge in [0, 0.05) is 24.7 Å². The van der Waals surface area contributed by atoms with Gasteiger partial charge in [0.1, 0.15) is 5.56 Å². The largest absolute Gasteiger partial charge is 0.385 e. The lowest BCUT2D eigenvalue weighted by atomic mass is 9.66. The van der Waals surface area contributed by atoms with Crippen molar-refractivity contribution in [3.63, 3.8) is 0 Å². The van der Waals surface area contributed by atoms with Crippen LogP contribution < -0.4 is 5.56 Å². The summed E-state index contributed by atoms with van der Waals surface area (Å²) >= 11 is 5.98. The number of halogens is 1. The Morgan fingerprint density at radius 3 is 2.74 bits per heavy atom. The first kappa shape index (κ1) is 18.3. The molecule has 4 rings (SSSR count). The second-order valence-electron chi connectivity index (χ2n) is 7.56. The fourth-order valence-electron chi connectivity index (χ4n) is 4.79. The predicted octanol–water partition coefficient (Wildman–Crippen LogP) is 3.32. The van der Waals surface area contributed by atoms with E-state index in [0.29, 0.717) is 18.0 Å². The van der Waals surface area contributed by atoms with Gasteiger partial charge in [0.2, 0.25) is 0 Å². The van der Waals surface area contributed by atoms with Crippen LogP contribution in [0.5, 0.6) is 0 Å². The summed E-state index contributed by atoms with van der Waals surface area (Å²) < 4.78 is 0. The van der Waals surface area contributed by atoms with E-state index in [4.69, 9.17) is 11.6 Å². The number of nitrogens with one attached hydrogen (secondary N) is 1. The van der Waals surface area contributed by atoms with Crippen LogP contribution in [0.15, 0.2) is 47.4 Å². The fraction of sp³-hybridized carbons (Fsp3) is 0.429. The van der Waals surface area contributed by atoms with Crippen molar-refractivity contribution in [1.82, 2.24) is 9.88 Å². The molecule has 1 saturated carbocycles. The Balaban J connectivity index is 1.69. The van der Waals surface area contributed by atoms with Crippen molar-refractivity contribution in [2.45, 2.75) is 43.7 Å². The van der Waals surface area contributed by atoms with Crippen molar-refractivity contribution < 1.29 is 9.90 Å². The lowest BCUT2D eigenvalue weighted by Gasteiger charge is -2.52. The second kappa shape index (κ2) is 7.13. The molecule has 27 heavy (non-hydrogen) atoms. The number of aromatic nitrogens is 1. The van der Waals surface area contributed by atoms with E-state index in [1.165, 1.54) is 12.3 Å². The third-order valence-electron chi connectivity index (χ3n) is 6.11. The van der Waals surface area contributed by atoms with Crippen molar-refractivity contribution in [3.05, 3.63) is 69.1 Å². The van der Waals surface area contributed by atoms with Crippen LogP contribution in [0.3, 0.4) is 0 Å². The maximum atomic E-state index is 13.1. The molecule has 0 bridgehead atoms. The van der Waals surface area contributed by atoms with Crippen molar-refractivity contribution >= 4 is 17.5 Å². The monoisotopic (exact) mass is 386 g/mol. The van der Waals surface area contributed by atoms with E-state index in [0.717, 1.165) is 31.2 Å². The van der Waals surface area contributed by atoms with Gasteiger partial charge in [-0.25, -0.2) is 0 Å². The maximum absolute atomic E-state index is 13.1. The molecule has 5 nitrogen and oxygen atoms in total. The zero-order chi connectivity index (χ0) is 19.0. The van der Waals surface area contributed by atoms with Crippen molar-refractivity contribution in [1.29, 1.82) is 0 Å². The first-order valence-electron chi connectivity index (χ1n) is 9.48. The van der Waals surface area contributed by atoms with Gasteiger partial charge in [-0.05, 0) is 30.9 Å². The highest BCUT2D eigenvalue weighted by Crippen LogP contribution is 2.47. The van der Waals surface area contributed by atoms with Gasteiger partial charge in [-0.15, -0.1) is 0 Å². The van der Waals surface area contributed by atoms with Crippen LogP contribution in [-0.2, 0) is 5.60 Å². The number of pyridine rings is 1. The van der Waals surface area contributed by atoms with Gasteiger partial charge in [-0.2, -0.15) is 0 Å². The molecule has 3 atom stereocenters. The number of nitrogens with zero attached hydrogens (tertiary/aromatic N) is 1. The first-order valence-corrected chi connectivity index (χ1v) is 9.85. The van der Waals surface area contributed by atoms with Crippen molar-refractivity contribution in [3.8, 4) is 0 Å². The molecule has 1 aromatic heterocycles. The molecule has 1 amide bonds. The molecule has 1 saturated heterocycles. The van der Waals surface area contributed by atoms with Gasteiger partial charge >= 0.3 is 0 Å². The van der Waals surface area contributed by atoms with Crippen molar-refractivity contribution in [2.75, 3.05) is 6.54 Å². The summed E-state index contributed by atoms with van der Waals surface area (Å²) in [7, 11) is 0. The number of hydrogen-bond acceptors (Lipinski definition) is 3. The van der Waals surface area contributed by atoms with Gasteiger partial charge < -0.3 is 15.0 Å². The van der Waals surface area contributed by atoms with Gasteiger partial charge in [0.15, 0.2) is 0 Å². The average Bonchev–Trinajstić information content (AvgIpc) is 2.70. The van der Waals surface area contributed by atoms with E-state index in [2.05, 4.69) is 4.98 Å². The fourth-order valence-corrected chi connectivity index (χ4v) is 4.96. The third kappa shape index (κ3) is 3.19. The van der Waals surface area contributed by atoms with Crippen LogP contribution in [0.1, 0.15) is 48.0 Å². The molecule has 6 heteroatoms. The number of hydrogen-bond donors (Lipinski definition) is 2. The number of benzene rings is 1. The Morgan fingerprint density at radius 2 is 1.96 bits per heavy atom. The van der Waals surface area contributed by atoms with Crippen LogP contribution in [0, 0.1) is 5.92 Å². The molecule has 1 aliphatic carbocycles. The highest BCUT2D eigenvalue weighted by molar-refractivity contribution is 6.30. The summed E-state index contributed by atoms with van der Waals surface area (Å²) in [5.74, 6) is -0.338.